The molecule has 0 spiro atoms. The van der Waals surface area contributed by atoms with Crippen LogP contribution in [0, 0.1) is 44.7 Å². The normalized spacial score (nSPS) is 12.2. The standard InChI is InChI=1S/C8H5F6N.Ar/c1-4-2-5(7(9,10)11)15-6(3-4)8(12,13)14;/h2-3H,1H3;. The van der Waals surface area contributed by atoms with E-state index >= 15 is 0 Å². The molecule has 0 aliphatic rings. The molecule has 0 aliphatic heterocycles. The number of hydrogen-bond donors (Lipinski definition) is 0. The predicted octanol–water partition coefficient (Wildman–Crippen LogP) is 3.43. The molecule has 0 N–H and O–H groups in total. The van der Waals surface area contributed by atoms with Crippen LogP contribution in [0.5, 0.6) is 0 Å². The van der Waals surface area contributed by atoms with Crippen molar-refractivity contribution in [3.63, 3.8) is 0 Å². The van der Waals surface area contributed by atoms with E-state index in [1.54, 1.807) is 0 Å². The summed E-state index contributed by atoms with van der Waals surface area (Å²) in [7, 11) is 0. The van der Waals surface area contributed by atoms with Crippen molar-refractivity contribution in [2.75, 3.05) is 0 Å². The zero-order chi connectivity index (χ0) is 11.9. The minimum Gasteiger partial charge on any atom is -0.239 e. The molecule has 0 amide bonds. The zero-order valence-electron chi connectivity index (χ0n) is 7.72. The van der Waals surface area contributed by atoms with Crippen molar-refractivity contribution < 1.29 is 64.1 Å². The van der Waals surface area contributed by atoms with Crippen LogP contribution in [0.1, 0.15) is 17.0 Å². The maximum absolute atomic E-state index is 12.1. The smallest absolute Gasteiger partial charge is 0.239 e. The third kappa shape index (κ3) is 4.10. The first-order valence-electron chi connectivity index (χ1n) is 3.74. The van der Waals surface area contributed by atoms with E-state index in [0.717, 1.165) is 6.92 Å². The van der Waals surface area contributed by atoms with Gasteiger partial charge in [-0.15, -0.1) is 0 Å². The number of pyridine rings is 1. The summed E-state index contributed by atoms with van der Waals surface area (Å²) in [5, 5.41) is 0. The van der Waals surface area contributed by atoms with Gasteiger partial charge in [-0.05, 0) is 24.6 Å². The molecule has 8 heteroatoms. The Morgan fingerprint density at radius 3 is 1.44 bits per heavy atom. The fraction of sp³-hybridized carbons (Fsp3) is 0.375. The quantitative estimate of drug-likeness (QED) is 0.657. The molecule has 1 nitrogen and oxygen atoms in total. The average Bonchev–Trinajstić information content (AvgIpc) is 1.99. The second kappa shape index (κ2) is 5.10. The topological polar surface area (TPSA) is 12.9 Å². The van der Waals surface area contributed by atoms with E-state index in [1.807, 2.05) is 0 Å². The summed E-state index contributed by atoms with van der Waals surface area (Å²) >= 11 is 0. The van der Waals surface area contributed by atoms with Gasteiger partial charge in [0.1, 0.15) is 11.4 Å². The summed E-state index contributed by atoms with van der Waals surface area (Å²) in [5.74, 6) is 0. The number of hydrogen-bond acceptors (Lipinski definition) is 1. The Morgan fingerprint density at radius 2 is 1.19 bits per heavy atom. The van der Waals surface area contributed by atoms with E-state index in [4.69, 9.17) is 0 Å². The van der Waals surface area contributed by atoms with Gasteiger partial charge >= 0.3 is 12.4 Å². The maximum atomic E-state index is 12.1. The molecule has 1 aromatic heterocycles. The molecule has 92 valence electrons. The third-order valence-corrected chi connectivity index (χ3v) is 1.55. The first-order chi connectivity index (χ1) is 6.60. The van der Waals surface area contributed by atoms with Crippen LogP contribution in [0.15, 0.2) is 12.1 Å². The van der Waals surface area contributed by atoms with E-state index in [0.29, 0.717) is 12.1 Å². The van der Waals surface area contributed by atoms with Crippen molar-refractivity contribution in [3.05, 3.63) is 29.1 Å². The number of aromatic nitrogens is 1. The van der Waals surface area contributed by atoms with Gasteiger partial charge in [0.25, 0.3) is 0 Å². The minimum absolute atomic E-state index is 0. The molecule has 0 unspecified atom stereocenters. The maximum Gasteiger partial charge on any atom is 0.433 e. The summed E-state index contributed by atoms with van der Waals surface area (Å²) in [4.78, 5) is 2.53. The molecular weight excluding hydrogens is 264 g/mol. The van der Waals surface area contributed by atoms with Crippen molar-refractivity contribution in [3.8, 4) is 0 Å². The largest absolute Gasteiger partial charge is 0.433 e. The molecule has 0 atom stereocenters. The average molecular weight is 269 g/mol. The van der Waals surface area contributed by atoms with Gasteiger partial charge in [0, 0.05) is 37.7 Å². The fourth-order valence-electron chi connectivity index (χ4n) is 0.958. The second-order valence-corrected chi connectivity index (χ2v) is 2.91. The van der Waals surface area contributed by atoms with Crippen LogP contribution in [0.3, 0.4) is 0 Å². The molecule has 1 heterocycles. The van der Waals surface area contributed by atoms with Gasteiger partial charge in [-0.25, -0.2) is 4.98 Å². The van der Waals surface area contributed by atoms with Crippen LogP contribution in [0.2, 0.25) is 0 Å². The summed E-state index contributed by atoms with van der Waals surface area (Å²) in [5.41, 5.74) is -3.20. The number of nitrogens with zero attached hydrogens (tertiary/aromatic N) is 1. The van der Waals surface area contributed by atoms with Crippen LogP contribution in [0.4, 0.5) is 26.3 Å². The van der Waals surface area contributed by atoms with Gasteiger partial charge < -0.3 is 0 Å². The first kappa shape index (κ1) is 16.0. The fourth-order valence-corrected chi connectivity index (χ4v) is 0.958. The van der Waals surface area contributed by atoms with Gasteiger partial charge in [-0.2, -0.15) is 26.3 Å². The number of alkyl halides is 6. The molecule has 0 saturated carbocycles. The van der Waals surface area contributed by atoms with E-state index in [9.17, 15) is 26.3 Å². The Morgan fingerprint density at radius 1 is 0.875 bits per heavy atom. The zero-order valence-corrected chi connectivity index (χ0v) is 8.43. The Balaban J connectivity index is 0.00000225. The summed E-state index contributed by atoms with van der Waals surface area (Å²) in [6.07, 6.45) is -9.74. The van der Waals surface area contributed by atoms with Crippen LogP contribution < -0.4 is 0 Å². The van der Waals surface area contributed by atoms with Crippen molar-refractivity contribution in [2.24, 2.45) is 0 Å². The summed E-state index contributed by atoms with van der Waals surface area (Å²) in [6, 6.07) is 1.13. The van der Waals surface area contributed by atoms with Gasteiger partial charge in [0.2, 0.25) is 0 Å². The van der Waals surface area contributed by atoms with Crippen LogP contribution >= 0.6 is 0 Å². The van der Waals surface area contributed by atoms with E-state index in [2.05, 4.69) is 4.98 Å². The Labute approximate surface area is 117 Å². The Bertz CT molecular complexity index is 338. The third-order valence-electron chi connectivity index (χ3n) is 1.55. The van der Waals surface area contributed by atoms with Crippen LogP contribution in [0.25, 0.3) is 0 Å². The molecule has 1 aromatic rings. The predicted molar refractivity (Wildman–Crippen MR) is 39.0 cm³/mol. The molecule has 0 aliphatic carbocycles. The minimum atomic E-state index is -4.87. The van der Waals surface area contributed by atoms with E-state index < -0.39 is 23.7 Å². The van der Waals surface area contributed by atoms with Gasteiger partial charge in [-0.1, -0.05) is 0 Å². The monoisotopic (exact) mass is 269 g/mol. The summed E-state index contributed by atoms with van der Waals surface area (Å²) < 4.78 is 72.6. The van der Waals surface area contributed by atoms with Crippen molar-refractivity contribution in [1.82, 2.24) is 4.98 Å². The molecule has 0 saturated heterocycles. The molecule has 0 fully saturated rings. The number of aryl methyl sites for hydroxylation is 1. The van der Waals surface area contributed by atoms with Crippen molar-refractivity contribution in [1.29, 1.82) is 0 Å². The Kier molecular flexibility index (Phi) is 5.09. The molecular formula is C8H5ArF6N. The second-order valence-electron chi connectivity index (χ2n) is 2.91. The molecule has 0 radical (unpaired) electrons. The van der Waals surface area contributed by atoms with E-state index in [1.165, 1.54) is 0 Å². The van der Waals surface area contributed by atoms with Crippen LogP contribution in [-0.2, 0) is 12.4 Å². The Hall–Kier alpha value is -0.0103. The first-order valence-corrected chi connectivity index (χ1v) is 3.74. The van der Waals surface area contributed by atoms with E-state index in [-0.39, 0.29) is 43.3 Å². The molecule has 0 aromatic carbocycles. The SMILES string of the molecule is Cc1cc(C(F)(F)F)nc(C(F)(F)F)c1.[Ar]. The number of halogens is 6. The molecule has 0 bridgehead atoms. The molecule has 1 rings (SSSR count). The summed E-state index contributed by atoms with van der Waals surface area (Å²) in [6.45, 7) is 1.14. The van der Waals surface area contributed by atoms with Crippen molar-refractivity contribution >= 4 is 0 Å². The van der Waals surface area contributed by atoms with Gasteiger partial charge in [0.15, 0.2) is 0 Å². The van der Waals surface area contributed by atoms with Gasteiger partial charge in [0.05, 0.1) is 0 Å². The number of rotatable bonds is 0. The van der Waals surface area contributed by atoms with Crippen molar-refractivity contribution in [2.45, 2.75) is 19.3 Å². The molecule has 16 heavy (non-hydrogen) atoms. The van der Waals surface area contributed by atoms with Gasteiger partial charge in [-0.3, -0.25) is 0 Å². The van der Waals surface area contributed by atoms with Crippen LogP contribution in [-0.4, -0.2) is 4.98 Å².